The molecule has 2 rings (SSSR count). The first-order valence-corrected chi connectivity index (χ1v) is 6.22. The highest BCUT2D eigenvalue weighted by atomic mass is 16.5. The van der Waals surface area contributed by atoms with E-state index in [0.29, 0.717) is 45.8 Å². The Bertz CT molecular complexity index is 346. The van der Waals surface area contributed by atoms with Gasteiger partial charge in [0.05, 0.1) is 31.9 Å². The highest BCUT2D eigenvalue weighted by Crippen LogP contribution is 2.33. The lowest BCUT2D eigenvalue weighted by Gasteiger charge is -2.40. The van der Waals surface area contributed by atoms with Gasteiger partial charge in [0.25, 0.3) is 0 Å². The number of hydrogen-bond donors (Lipinski definition) is 1. The molecule has 1 N–H and O–H groups in total. The van der Waals surface area contributed by atoms with E-state index in [1.165, 1.54) is 0 Å². The second-order valence-corrected chi connectivity index (χ2v) is 4.72. The van der Waals surface area contributed by atoms with Crippen LogP contribution in [0.3, 0.4) is 0 Å². The van der Waals surface area contributed by atoms with E-state index < -0.39 is 5.41 Å². The summed E-state index contributed by atoms with van der Waals surface area (Å²) in [6.45, 7) is 1.97. The molecule has 2 heterocycles. The SMILES string of the molecule is N#CC1(C(=O)N2CCOCC2CO)CCOCC1. The van der Waals surface area contributed by atoms with Crippen molar-refractivity contribution in [3.05, 3.63) is 0 Å². The molecule has 0 aliphatic carbocycles. The number of aliphatic hydroxyl groups is 1. The zero-order chi connectivity index (χ0) is 13.0. The molecule has 18 heavy (non-hydrogen) atoms. The average Bonchev–Trinajstić information content (AvgIpc) is 2.47. The molecule has 0 spiro atoms. The van der Waals surface area contributed by atoms with Gasteiger partial charge in [0.15, 0.2) is 0 Å². The number of nitriles is 1. The Morgan fingerprint density at radius 1 is 1.39 bits per heavy atom. The normalized spacial score (nSPS) is 27.6. The summed E-state index contributed by atoms with van der Waals surface area (Å²) in [7, 11) is 0. The first-order valence-electron chi connectivity index (χ1n) is 6.22. The first kappa shape index (κ1) is 13.3. The fourth-order valence-corrected chi connectivity index (χ4v) is 2.44. The Hall–Kier alpha value is -1.16. The van der Waals surface area contributed by atoms with Crippen molar-refractivity contribution in [1.29, 1.82) is 5.26 Å². The van der Waals surface area contributed by atoms with Crippen LogP contribution in [0.25, 0.3) is 0 Å². The molecule has 2 aliphatic rings. The lowest BCUT2D eigenvalue weighted by Crippen LogP contribution is -2.56. The van der Waals surface area contributed by atoms with E-state index in [0.717, 1.165) is 0 Å². The molecule has 0 radical (unpaired) electrons. The maximum Gasteiger partial charge on any atom is 0.243 e. The molecular weight excluding hydrogens is 236 g/mol. The number of carbonyl (C=O) groups excluding carboxylic acids is 1. The van der Waals surface area contributed by atoms with Crippen molar-refractivity contribution in [2.24, 2.45) is 5.41 Å². The van der Waals surface area contributed by atoms with Gasteiger partial charge < -0.3 is 19.5 Å². The monoisotopic (exact) mass is 254 g/mol. The lowest BCUT2D eigenvalue weighted by molar-refractivity contribution is -0.153. The third-order valence-electron chi connectivity index (χ3n) is 3.67. The van der Waals surface area contributed by atoms with Crippen LogP contribution in [-0.2, 0) is 14.3 Å². The minimum Gasteiger partial charge on any atom is -0.394 e. The van der Waals surface area contributed by atoms with Crippen molar-refractivity contribution in [3.8, 4) is 6.07 Å². The zero-order valence-electron chi connectivity index (χ0n) is 10.3. The van der Waals surface area contributed by atoms with Crippen LogP contribution in [0.4, 0.5) is 0 Å². The quantitative estimate of drug-likeness (QED) is 0.720. The maximum atomic E-state index is 12.6. The van der Waals surface area contributed by atoms with Gasteiger partial charge in [-0.05, 0) is 12.8 Å². The van der Waals surface area contributed by atoms with Crippen LogP contribution in [0.5, 0.6) is 0 Å². The Labute approximate surface area is 106 Å². The zero-order valence-corrected chi connectivity index (χ0v) is 10.3. The maximum absolute atomic E-state index is 12.6. The number of amides is 1. The van der Waals surface area contributed by atoms with Gasteiger partial charge in [-0.2, -0.15) is 5.26 Å². The summed E-state index contributed by atoms with van der Waals surface area (Å²) < 4.78 is 10.5. The number of carbonyl (C=O) groups is 1. The van der Waals surface area contributed by atoms with Crippen molar-refractivity contribution in [2.75, 3.05) is 39.6 Å². The molecule has 100 valence electrons. The standard InChI is InChI=1S/C12H18N2O4/c13-9-12(1-4-17-5-2-12)11(16)14-3-6-18-8-10(14)7-15/h10,15H,1-8H2. The molecule has 1 atom stereocenters. The number of nitrogens with zero attached hydrogens (tertiary/aromatic N) is 2. The summed E-state index contributed by atoms with van der Waals surface area (Å²) in [6, 6.07) is 1.83. The molecule has 0 bridgehead atoms. The summed E-state index contributed by atoms with van der Waals surface area (Å²) in [5, 5.41) is 18.6. The third-order valence-corrected chi connectivity index (χ3v) is 3.67. The van der Waals surface area contributed by atoms with Crippen molar-refractivity contribution in [1.82, 2.24) is 4.90 Å². The molecule has 2 fully saturated rings. The van der Waals surface area contributed by atoms with E-state index >= 15 is 0 Å². The summed E-state index contributed by atoms with van der Waals surface area (Å²) >= 11 is 0. The van der Waals surface area contributed by atoms with Gasteiger partial charge in [-0.3, -0.25) is 4.79 Å². The van der Waals surface area contributed by atoms with Crippen molar-refractivity contribution in [3.63, 3.8) is 0 Å². The fourth-order valence-electron chi connectivity index (χ4n) is 2.44. The second kappa shape index (κ2) is 5.65. The van der Waals surface area contributed by atoms with E-state index in [1.54, 1.807) is 4.90 Å². The van der Waals surface area contributed by atoms with Crippen LogP contribution in [0.2, 0.25) is 0 Å². The summed E-state index contributed by atoms with van der Waals surface area (Å²) in [5.41, 5.74) is -0.983. The van der Waals surface area contributed by atoms with Crippen LogP contribution in [-0.4, -0.2) is 61.5 Å². The number of hydrogen-bond acceptors (Lipinski definition) is 5. The Morgan fingerprint density at radius 2 is 2.11 bits per heavy atom. The summed E-state index contributed by atoms with van der Waals surface area (Å²) in [4.78, 5) is 14.2. The lowest BCUT2D eigenvalue weighted by atomic mass is 9.80. The number of aliphatic hydroxyl groups excluding tert-OH is 1. The van der Waals surface area contributed by atoms with Gasteiger partial charge >= 0.3 is 0 Å². The average molecular weight is 254 g/mol. The topological polar surface area (TPSA) is 82.8 Å². The van der Waals surface area contributed by atoms with E-state index in [4.69, 9.17) is 9.47 Å². The van der Waals surface area contributed by atoms with Crippen molar-refractivity contribution >= 4 is 5.91 Å². The molecule has 2 aliphatic heterocycles. The number of morpholine rings is 1. The van der Waals surface area contributed by atoms with Crippen molar-refractivity contribution in [2.45, 2.75) is 18.9 Å². The Morgan fingerprint density at radius 3 is 2.72 bits per heavy atom. The van der Waals surface area contributed by atoms with E-state index in [9.17, 15) is 15.2 Å². The van der Waals surface area contributed by atoms with Crippen molar-refractivity contribution < 1.29 is 19.4 Å². The van der Waals surface area contributed by atoms with Gasteiger partial charge in [0.2, 0.25) is 5.91 Å². The van der Waals surface area contributed by atoms with Crippen LogP contribution < -0.4 is 0 Å². The summed E-state index contributed by atoms with van der Waals surface area (Å²) in [5.74, 6) is -0.185. The smallest absolute Gasteiger partial charge is 0.243 e. The minimum atomic E-state index is -0.983. The highest BCUT2D eigenvalue weighted by molar-refractivity contribution is 5.86. The molecule has 1 unspecified atom stereocenters. The van der Waals surface area contributed by atoms with Crippen LogP contribution >= 0.6 is 0 Å². The molecule has 6 heteroatoms. The number of rotatable bonds is 2. The predicted octanol–water partition coefficient (Wildman–Crippen LogP) is -0.474. The molecule has 0 saturated carbocycles. The molecule has 2 saturated heterocycles. The Kier molecular flexibility index (Phi) is 4.17. The molecule has 1 amide bonds. The van der Waals surface area contributed by atoms with E-state index in [-0.39, 0.29) is 18.6 Å². The van der Waals surface area contributed by atoms with Gasteiger partial charge in [-0.1, -0.05) is 0 Å². The van der Waals surface area contributed by atoms with Crippen LogP contribution in [0.15, 0.2) is 0 Å². The second-order valence-electron chi connectivity index (χ2n) is 4.72. The van der Waals surface area contributed by atoms with Gasteiger partial charge in [-0.25, -0.2) is 0 Å². The number of ether oxygens (including phenoxy) is 2. The predicted molar refractivity (Wildman–Crippen MR) is 61.5 cm³/mol. The van der Waals surface area contributed by atoms with Crippen LogP contribution in [0, 0.1) is 16.7 Å². The third kappa shape index (κ3) is 2.34. The minimum absolute atomic E-state index is 0.135. The molecular formula is C12H18N2O4. The van der Waals surface area contributed by atoms with E-state index in [2.05, 4.69) is 6.07 Å². The van der Waals surface area contributed by atoms with Gasteiger partial charge in [0, 0.05) is 19.8 Å². The molecule has 0 aromatic carbocycles. The van der Waals surface area contributed by atoms with Gasteiger partial charge in [-0.15, -0.1) is 0 Å². The van der Waals surface area contributed by atoms with Crippen LogP contribution in [0.1, 0.15) is 12.8 Å². The Balaban J connectivity index is 2.15. The first-order chi connectivity index (χ1) is 8.73. The largest absolute Gasteiger partial charge is 0.394 e. The molecule has 6 nitrogen and oxygen atoms in total. The van der Waals surface area contributed by atoms with Gasteiger partial charge in [0.1, 0.15) is 5.41 Å². The summed E-state index contributed by atoms with van der Waals surface area (Å²) in [6.07, 6.45) is 0.857. The molecule has 0 aromatic rings. The highest BCUT2D eigenvalue weighted by Gasteiger charge is 2.45. The van der Waals surface area contributed by atoms with E-state index in [1.807, 2.05) is 0 Å². The fraction of sp³-hybridized carbons (Fsp3) is 0.833. The molecule has 0 aromatic heterocycles.